The van der Waals surface area contributed by atoms with Gasteiger partial charge in [-0.25, -0.2) is 0 Å². The van der Waals surface area contributed by atoms with Crippen molar-refractivity contribution in [3.8, 4) is 11.8 Å². The highest BCUT2D eigenvalue weighted by atomic mass is 35.5. The van der Waals surface area contributed by atoms with Gasteiger partial charge in [-0.1, -0.05) is 29.8 Å². The molecular weight excluding hydrogens is 288 g/mol. The number of hydrogen-bond donors (Lipinski definition) is 2. The van der Waals surface area contributed by atoms with Crippen LogP contribution in [0.2, 0.25) is 5.02 Å². The van der Waals surface area contributed by atoms with Crippen LogP contribution in [0.3, 0.4) is 0 Å². The van der Waals surface area contributed by atoms with Gasteiger partial charge in [-0.2, -0.15) is 5.26 Å². The van der Waals surface area contributed by atoms with Crippen molar-refractivity contribution in [3.63, 3.8) is 0 Å². The third-order valence-corrected chi connectivity index (χ3v) is 3.35. The number of aliphatic hydroxyl groups is 1. The molecule has 1 unspecified atom stereocenters. The van der Waals surface area contributed by atoms with Crippen LogP contribution in [0, 0.1) is 11.3 Å². The molecule has 0 aromatic heterocycles. The number of nitrogens with zero attached hydrogens (tertiary/aromatic N) is 1. The molecule has 2 aromatic carbocycles. The van der Waals surface area contributed by atoms with Crippen molar-refractivity contribution < 1.29 is 9.84 Å². The van der Waals surface area contributed by atoms with E-state index in [1.807, 2.05) is 0 Å². The Hall–Kier alpha value is -2.22. The second kappa shape index (κ2) is 6.98. The normalized spacial score (nSPS) is 11.5. The largest absolute Gasteiger partial charge is 0.495 e. The first-order valence-corrected chi connectivity index (χ1v) is 6.78. The van der Waals surface area contributed by atoms with Crippen LogP contribution in [0.1, 0.15) is 17.2 Å². The molecule has 2 rings (SSSR count). The molecule has 0 amide bonds. The smallest absolute Gasteiger partial charge is 0.143 e. The number of nitriles is 1. The summed E-state index contributed by atoms with van der Waals surface area (Å²) in [6.45, 7) is 0.261. The lowest BCUT2D eigenvalue weighted by molar-refractivity contribution is 0.191. The van der Waals surface area contributed by atoms with E-state index < -0.39 is 6.10 Å². The highest BCUT2D eigenvalue weighted by Crippen LogP contribution is 2.28. The zero-order valence-corrected chi connectivity index (χ0v) is 12.3. The predicted molar refractivity (Wildman–Crippen MR) is 82.6 cm³/mol. The number of rotatable bonds is 5. The van der Waals surface area contributed by atoms with Crippen LogP contribution in [-0.2, 0) is 0 Å². The fraction of sp³-hybridized carbons (Fsp3) is 0.188. The molecule has 1 atom stereocenters. The molecule has 21 heavy (non-hydrogen) atoms. The number of methoxy groups -OCH3 is 1. The number of hydrogen-bond acceptors (Lipinski definition) is 4. The molecule has 0 saturated carbocycles. The van der Waals surface area contributed by atoms with Crippen LogP contribution < -0.4 is 10.1 Å². The topological polar surface area (TPSA) is 65.3 Å². The van der Waals surface area contributed by atoms with Gasteiger partial charge in [-0.3, -0.25) is 0 Å². The zero-order valence-electron chi connectivity index (χ0n) is 11.5. The summed E-state index contributed by atoms with van der Waals surface area (Å²) >= 11 is 5.82. The first-order chi connectivity index (χ1) is 10.2. The summed E-state index contributed by atoms with van der Waals surface area (Å²) in [5.41, 5.74) is 1.80. The molecule has 0 spiro atoms. The monoisotopic (exact) mass is 302 g/mol. The summed E-state index contributed by atoms with van der Waals surface area (Å²) in [7, 11) is 1.54. The number of nitrogens with one attached hydrogen (secondary N) is 1. The standard InChI is InChI=1S/C16H15ClN2O2/c1-21-15-4-2-3-12(9-18)16(15)19-10-14(20)11-5-7-13(17)8-6-11/h2-8,14,19-20H,10H2,1H3. The minimum absolute atomic E-state index is 0.261. The molecule has 108 valence electrons. The van der Waals surface area contributed by atoms with Gasteiger partial charge in [-0.15, -0.1) is 0 Å². The Bertz CT molecular complexity index is 650. The summed E-state index contributed by atoms with van der Waals surface area (Å²) in [6.07, 6.45) is -0.710. The number of anilines is 1. The Kier molecular flexibility index (Phi) is 5.04. The van der Waals surface area contributed by atoms with E-state index in [0.29, 0.717) is 22.0 Å². The summed E-state index contributed by atoms with van der Waals surface area (Å²) in [6, 6.07) is 14.3. The van der Waals surface area contributed by atoms with E-state index in [9.17, 15) is 5.11 Å². The van der Waals surface area contributed by atoms with E-state index in [1.54, 1.807) is 42.5 Å². The zero-order chi connectivity index (χ0) is 15.2. The van der Waals surface area contributed by atoms with Gasteiger partial charge in [0.1, 0.15) is 11.8 Å². The molecule has 4 nitrogen and oxygen atoms in total. The lowest BCUT2D eigenvalue weighted by Crippen LogP contribution is -2.13. The van der Waals surface area contributed by atoms with Gasteiger partial charge in [0.25, 0.3) is 0 Å². The van der Waals surface area contributed by atoms with Gasteiger partial charge in [0.2, 0.25) is 0 Å². The predicted octanol–water partition coefficient (Wildman–Crippen LogP) is 3.37. The summed E-state index contributed by atoms with van der Waals surface area (Å²) in [4.78, 5) is 0. The molecule has 2 N–H and O–H groups in total. The fourth-order valence-corrected chi connectivity index (χ4v) is 2.10. The fourth-order valence-electron chi connectivity index (χ4n) is 1.98. The van der Waals surface area contributed by atoms with Crippen LogP contribution in [0.15, 0.2) is 42.5 Å². The third kappa shape index (κ3) is 3.66. The van der Waals surface area contributed by atoms with E-state index in [-0.39, 0.29) is 6.54 Å². The van der Waals surface area contributed by atoms with Crippen LogP contribution in [-0.4, -0.2) is 18.8 Å². The Morgan fingerprint density at radius 1 is 1.29 bits per heavy atom. The van der Waals surface area contributed by atoms with E-state index in [4.69, 9.17) is 21.6 Å². The lowest BCUT2D eigenvalue weighted by atomic mass is 10.1. The number of halogens is 1. The average molecular weight is 303 g/mol. The van der Waals surface area contributed by atoms with Crippen molar-refractivity contribution in [2.75, 3.05) is 19.0 Å². The van der Waals surface area contributed by atoms with Gasteiger partial charge in [0.15, 0.2) is 0 Å². The summed E-state index contributed by atoms with van der Waals surface area (Å²) in [5.74, 6) is 0.567. The molecule has 0 aliphatic rings. The van der Waals surface area contributed by atoms with Gasteiger partial charge in [0, 0.05) is 11.6 Å². The highest BCUT2D eigenvalue weighted by molar-refractivity contribution is 6.30. The second-order valence-electron chi connectivity index (χ2n) is 4.44. The van der Waals surface area contributed by atoms with Gasteiger partial charge >= 0.3 is 0 Å². The van der Waals surface area contributed by atoms with Crippen molar-refractivity contribution in [1.82, 2.24) is 0 Å². The highest BCUT2D eigenvalue weighted by Gasteiger charge is 2.12. The summed E-state index contributed by atoms with van der Waals surface area (Å²) in [5, 5.41) is 23.0. The maximum absolute atomic E-state index is 10.2. The van der Waals surface area contributed by atoms with Crippen LogP contribution in [0.4, 0.5) is 5.69 Å². The van der Waals surface area contributed by atoms with E-state index in [2.05, 4.69) is 11.4 Å². The number of benzene rings is 2. The maximum atomic E-state index is 10.2. The Morgan fingerprint density at radius 3 is 2.62 bits per heavy atom. The van der Waals surface area contributed by atoms with Crippen molar-refractivity contribution in [2.45, 2.75) is 6.10 Å². The molecule has 5 heteroatoms. The van der Waals surface area contributed by atoms with Crippen LogP contribution in [0.25, 0.3) is 0 Å². The molecule has 0 bridgehead atoms. The average Bonchev–Trinajstić information content (AvgIpc) is 2.52. The first kappa shape index (κ1) is 15.2. The lowest BCUT2D eigenvalue weighted by Gasteiger charge is -2.16. The van der Waals surface area contributed by atoms with Crippen molar-refractivity contribution in [3.05, 3.63) is 58.6 Å². The third-order valence-electron chi connectivity index (χ3n) is 3.09. The first-order valence-electron chi connectivity index (χ1n) is 6.40. The van der Waals surface area contributed by atoms with Crippen molar-refractivity contribution in [2.24, 2.45) is 0 Å². The Morgan fingerprint density at radius 2 is 2.00 bits per heavy atom. The molecule has 0 fully saturated rings. The van der Waals surface area contributed by atoms with E-state index >= 15 is 0 Å². The quantitative estimate of drug-likeness (QED) is 0.889. The Labute approximate surface area is 128 Å². The molecular formula is C16H15ClN2O2. The molecule has 0 radical (unpaired) electrons. The number of aliphatic hydroxyl groups excluding tert-OH is 1. The van der Waals surface area contributed by atoms with Gasteiger partial charge in [-0.05, 0) is 29.8 Å². The number of ether oxygens (including phenoxy) is 1. The minimum Gasteiger partial charge on any atom is -0.495 e. The molecule has 0 aliphatic carbocycles. The second-order valence-corrected chi connectivity index (χ2v) is 4.88. The molecule has 0 heterocycles. The maximum Gasteiger partial charge on any atom is 0.143 e. The van der Waals surface area contributed by atoms with Gasteiger partial charge in [0.05, 0.1) is 24.5 Å². The SMILES string of the molecule is COc1cccc(C#N)c1NCC(O)c1ccc(Cl)cc1. The van der Waals surface area contributed by atoms with E-state index in [1.165, 1.54) is 7.11 Å². The van der Waals surface area contributed by atoms with E-state index in [0.717, 1.165) is 5.56 Å². The minimum atomic E-state index is -0.710. The van der Waals surface area contributed by atoms with Crippen molar-refractivity contribution >= 4 is 17.3 Å². The molecule has 0 saturated heterocycles. The Balaban J connectivity index is 2.13. The molecule has 0 aliphatic heterocycles. The molecule has 2 aromatic rings. The summed E-state index contributed by atoms with van der Waals surface area (Å²) < 4.78 is 5.23. The van der Waals surface area contributed by atoms with Crippen LogP contribution >= 0.6 is 11.6 Å². The van der Waals surface area contributed by atoms with Crippen molar-refractivity contribution in [1.29, 1.82) is 5.26 Å². The number of para-hydroxylation sites is 1. The van der Waals surface area contributed by atoms with Gasteiger partial charge < -0.3 is 15.2 Å². The van der Waals surface area contributed by atoms with Crippen LogP contribution in [0.5, 0.6) is 5.75 Å².